The monoisotopic (exact) mass is 528 g/mol. The van der Waals surface area contributed by atoms with E-state index in [4.69, 9.17) is 4.98 Å². The second-order valence-corrected chi connectivity index (χ2v) is 7.03. The quantitative estimate of drug-likeness (QED) is 0.214. The molecule has 0 atom stereocenters. The van der Waals surface area contributed by atoms with Crippen molar-refractivity contribution >= 4 is 27.3 Å². The molecule has 2 nitrogen and oxygen atoms in total. The molecule has 5 rings (SSSR count). The topological polar surface area (TPSA) is 17.3 Å². The van der Waals surface area contributed by atoms with Crippen molar-refractivity contribution in [1.29, 1.82) is 0 Å². The van der Waals surface area contributed by atoms with Crippen molar-refractivity contribution in [2.24, 2.45) is 0 Å². The fraction of sp³-hybridized carbons (Fsp3) is 0.125. The van der Waals surface area contributed by atoms with Crippen LogP contribution in [0.1, 0.15) is 22.4 Å². The van der Waals surface area contributed by atoms with E-state index >= 15 is 0 Å². The number of hydrogen-bond acceptors (Lipinski definition) is 1. The number of benzene rings is 3. The van der Waals surface area contributed by atoms with E-state index in [-0.39, 0.29) is 20.1 Å². The minimum absolute atomic E-state index is 0. The summed E-state index contributed by atoms with van der Waals surface area (Å²) in [5, 5.41) is 3.58. The molecular formula is C24H19IrN2-. The van der Waals surface area contributed by atoms with Gasteiger partial charge in [-0.3, -0.25) is 4.98 Å². The predicted octanol–water partition coefficient (Wildman–Crippen LogP) is 5.65. The fourth-order valence-electron chi connectivity index (χ4n) is 4.00. The molecule has 0 saturated carbocycles. The van der Waals surface area contributed by atoms with Crippen LogP contribution in [0.3, 0.4) is 0 Å². The third-order valence-corrected chi connectivity index (χ3v) is 5.04. The SMILES string of the molecule is Cc1cc(C)c2c(c1)c1ccc[c-]c1c1nc(Cc3ccccc3)cn12.[Ir]. The van der Waals surface area contributed by atoms with Crippen LogP contribution < -0.4 is 0 Å². The second-order valence-electron chi connectivity index (χ2n) is 7.03. The summed E-state index contributed by atoms with van der Waals surface area (Å²) < 4.78 is 2.25. The Labute approximate surface area is 172 Å². The Balaban J connectivity index is 0.00000180. The van der Waals surface area contributed by atoms with Gasteiger partial charge in [0.05, 0.1) is 11.3 Å². The van der Waals surface area contributed by atoms with Gasteiger partial charge < -0.3 is 4.40 Å². The molecule has 0 spiro atoms. The van der Waals surface area contributed by atoms with Crippen molar-refractivity contribution in [2.45, 2.75) is 20.3 Å². The van der Waals surface area contributed by atoms with E-state index in [0.717, 1.165) is 23.1 Å². The largest absolute Gasteiger partial charge is 0.340 e. The number of pyridine rings is 1. The average Bonchev–Trinajstić information content (AvgIpc) is 3.06. The maximum atomic E-state index is 4.98. The zero-order chi connectivity index (χ0) is 17.7. The van der Waals surface area contributed by atoms with E-state index < -0.39 is 0 Å². The first kappa shape index (κ1) is 17.9. The standard InChI is InChI=1S/C24H19N2.Ir/c1-16-12-17(2)23-22(13-16)20-10-6-7-11-21(20)24-25-19(15-26(23)24)14-18-8-4-3-5-9-18;/h3-10,12-13,15H,14H2,1-2H3;/q-1;. The summed E-state index contributed by atoms with van der Waals surface area (Å²) in [6, 6.07) is 24.7. The molecule has 0 aliphatic heterocycles. The van der Waals surface area contributed by atoms with Gasteiger partial charge in [0.15, 0.2) is 0 Å². The van der Waals surface area contributed by atoms with E-state index in [2.05, 4.69) is 85.1 Å². The van der Waals surface area contributed by atoms with Crippen LogP contribution in [0.5, 0.6) is 0 Å². The van der Waals surface area contributed by atoms with Gasteiger partial charge in [-0.15, -0.1) is 29.7 Å². The number of rotatable bonds is 2. The zero-order valence-corrected chi connectivity index (χ0v) is 17.7. The van der Waals surface area contributed by atoms with Gasteiger partial charge in [-0.25, -0.2) is 0 Å². The van der Waals surface area contributed by atoms with Crippen molar-refractivity contribution in [3.63, 3.8) is 0 Å². The Hall–Kier alpha value is -2.48. The van der Waals surface area contributed by atoms with E-state index in [1.807, 2.05) is 6.07 Å². The van der Waals surface area contributed by atoms with E-state index in [1.54, 1.807) is 0 Å². The minimum Gasteiger partial charge on any atom is -0.340 e. The number of fused-ring (bicyclic) bond motifs is 6. The Morgan fingerprint density at radius 3 is 2.59 bits per heavy atom. The molecule has 0 N–H and O–H groups in total. The van der Waals surface area contributed by atoms with Crippen LogP contribution in [-0.2, 0) is 26.5 Å². The minimum atomic E-state index is 0. The normalized spacial score (nSPS) is 11.2. The summed E-state index contributed by atoms with van der Waals surface area (Å²) in [4.78, 5) is 4.98. The number of imidazole rings is 1. The Morgan fingerprint density at radius 2 is 1.78 bits per heavy atom. The molecule has 0 saturated heterocycles. The Morgan fingerprint density at radius 1 is 0.963 bits per heavy atom. The molecule has 3 aromatic carbocycles. The van der Waals surface area contributed by atoms with Gasteiger partial charge >= 0.3 is 0 Å². The van der Waals surface area contributed by atoms with Crippen molar-refractivity contribution < 1.29 is 20.1 Å². The maximum absolute atomic E-state index is 4.98. The van der Waals surface area contributed by atoms with Crippen LogP contribution >= 0.6 is 0 Å². The molecule has 0 amide bonds. The van der Waals surface area contributed by atoms with E-state index in [0.29, 0.717) is 0 Å². The van der Waals surface area contributed by atoms with Gasteiger partial charge in [-0.2, -0.15) is 0 Å². The van der Waals surface area contributed by atoms with Gasteiger partial charge in [-0.05, 0) is 30.4 Å². The summed E-state index contributed by atoms with van der Waals surface area (Å²) in [6.07, 6.45) is 3.02. The van der Waals surface area contributed by atoms with Gasteiger partial charge in [0, 0.05) is 38.2 Å². The molecule has 0 unspecified atom stereocenters. The molecule has 0 aliphatic rings. The Bertz CT molecular complexity index is 1270. The molecule has 5 aromatic rings. The molecule has 0 bridgehead atoms. The molecule has 27 heavy (non-hydrogen) atoms. The molecular weight excluding hydrogens is 508 g/mol. The number of nitrogens with zero attached hydrogens (tertiary/aromatic N) is 2. The van der Waals surface area contributed by atoms with Gasteiger partial charge in [0.1, 0.15) is 0 Å². The smallest absolute Gasteiger partial charge is 0.0612 e. The van der Waals surface area contributed by atoms with E-state index in [1.165, 1.54) is 33.0 Å². The first-order chi connectivity index (χ1) is 12.7. The van der Waals surface area contributed by atoms with Crippen LogP contribution in [0, 0.1) is 19.9 Å². The zero-order valence-electron chi connectivity index (χ0n) is 15.3. The molecule has 0 fully saturated rings. The summed E-state index contributed by atoms with van der Waals surface area (Å²) in [5.41, 5.74) is 7.15. The summed E-state index contributed by atoms with van der Waals surface area (Å²) in [5.74, 6) is 0. The number of aryl methyl sites for hydroxylation is 2. The molecule has 3 heteroatoms. The molecule has 1 radical (unpaired) electrons. The Kier molecular flexibility index (Phi) is 4.59. The molecule has 2 heterocycles. The van der Waals surface area contributed by atoms with E-state index in [9.17, 15) is 0 Å². The number of hydrogen-bond donors (Lipinski definition) is 0. The predicted molar refractivity (Wildman–Crippen MR) is 108 cm³/mol. The fourth-order valence-corrected chi connectivity index (χ4v) is 4.00. The third-order valence-electron chi connectivity index (χ3n) is 5.04. The van der Waals surface area contributed by atoms with Crippen LogP contribution in [-0.4, -0.2) is 9.38 Å². The van der Waals surface area contributed by atoms with Gasteiger partial charge in [0.25, 0.3) is 0 Å². The van der Waals surface area contributed by atoms with Gasteiger partial charge in [-0.1, -0.05) is 53.4 Å². The van der Waals surface area contributed by atoms with Gasteiger partial charge in [0.2, 0.25) is 0 Å². The second kappa shape index (κ2) is 6.92. The molecule has 0 aliphatic carbocycles. The first-order valence-electron chi connectivity index (χ1n) is 8.96. The van der Waals surface area contributed by atoms with Crippen molar-refractivity contribution in [1.82, 2.24) is 9.38 Å². The van der Waals surface area contributed by atoms with Crippen LogP contribution in [0.4, 0.5) is 0 Å². The van der Waals surface area contributed by atoms with Crippen LogP contribution in [0.25, 0.3) is 27.3 Å². The van der Waals surface area contributed by atoms with Crippen LogP contribution in [0.15, 0.2) is 66.9 Å². The van der Waals surface area contributed by atoms with Crippen molar-refractivity contribution in [2.75, 3.05) is 0 Å². The van der Waals surface area contributed by atoms with Crippen molar-refractivity contribution in [3.05, 3.63) is 95.3 Å². The molecule has 2 aromatic heterocycles. The van der Waals surface area contributed by atoms with Crippen molar-refractivity contribution in [3.8, 4) is 0 Å². The summed E-state index contributed by atoms with van der Waals surface area (Å²) in [6.45, 7) is 4.34. The van der Waals surface area contributed by atoms with Crippen LogP contribution in [0.2, 0.25) is 0 Å². The maximum Gasteiger partial charge on any atom is 0.0612 e. The first-order valence-corrected chi connectivity index (χ1v) is 8.96. The third kappa shape index (κ3) is 2.97. The molecule has 135 valence electrons. The summed E-state index contributed by atoms with van der Waals surface area (Å²) >= 11 is 0. The number of aromatic nitrogens is 2. The average molecular weight is 528 g/mol. The summed E-state index contributed by atoms with van der Waals surface area (Å²) in [7, 11) is 0.